The largest absolute Gasteiger partial charge is 0.487 e. The van der Waals surface area contributed by atoms with Crippen molar-refractivity contribution in [3.05, 3.63) is 41.5 Å². The predicted molar refractivity (Wildman–Crippen MR) is 74.4 cm³/mol. The summed E-state index contributed by atoms with van der Waals surface area (Å²) in [6, 6.07) is 9.74. The Bertz CT molecular complexity index is 486. The van der Waals surface area contributed by atoms with Gasteiger partial charge >= 0.3 is 5.97 Å². The van der Waals surface area contributed by atoms with Crippen LogP contribution in [0.1, 0.15) is 39.2 Å². The normalized spacial score (nSPS) is 17.8. The van der Waals surface area contributed by atoms with Crippen LogP contribution in [0.4, 0.5) is 0 Å². The van der Waals surface area contributed by atoms with Crippen LogP contribution in [0.2, 0.25) is 0 Å². The Labute approximate surface area is 114 Å². The number of hydrogen-bond acceptors (Lipinski definition) is 3. The number of carbonyl (C=O) groups is 1. The van der Waals surface area contributed by atoms with Gasteiger partial charge in [-0.1, -0.05) is 30.3 Å². The third-order valence-electron chi connectivity index (χ3n) is 3.19. The second kappa shape index (κ2) is 5.47. The Morgan fingerprint density at radius 2 is 2.00 bits per heavy atom. The van der Waals surface area contributed by atoms with Crippen molar-refractivity contribution in [3.8, 4) is 0 Å². The maximum Gasteiger partial charge on any atom is 0.337 e. The molecule has 19 heavy (non-hydrogen) atoms. The van der Waals surface area contributed by atoms with E-state index in [1.54, 1.807) is 0 Å². The SMILES string of the molecule is CCOC(=O)C1=C(c2ccccc2)OC(C)(C)CC1. The van der Waals surface area contributed by atoms with Crippen molar-refractivity contribution < 1.29 is 14.3 Å². The molecule has 0 fully saturated rings. The fraction of sp³-hybridized carbons (Fsp3) is 0.438. The second-order valence-electron chi connectivity index (χ2n) is 5.26. The lowest BCUT2D eigenvalue weighted by atomic mass is 9.92. The molecule has 2 rings (SSSR count). The zero-order valence-electron chi connectivity index (χ0n) is 11.7. The number of benzene rings is 1. The summed E-state index contributed by atoms with van der Waals surface area (Å²) in [7, 11) is 0. The van der Waals surface area contributed by atoms with Crippen molar-refractivity contribution in [1.29, 1.82) is 0 Å². The molecule has 0 saturated carbocycles. The van der Waals surface area contributed by atoms with Gasteiger partial charge in [-0.3, -0.25) is 0 Å². The van der Waals surface area contributed by atoms with Gasteiger partial charge in [0.25, 0.3) is 0 Å². The average molecular weight is 260 g/mol. The van der Waals surface area contributed by atoms with E-state index in [9.17, 15) is 4.79 Å². The van der Waals surface area contributed by atoms with E-state index < -0.39 is 0 Å². The van der Waals surface area contributed by atoms with Gasteiger partial charge in [0.2, 0.25) is 0 Å². The summed E-state index contributed by atoms with van der Waals surface area (Å²) in [6.07, 6.45) is 1.51. The van der Waals surface area contributed by atoms with Gasteiger partial charge in [0, 0.05) is 5.56 Å². The molecule has 3 nitrogen and oxygen atoms in total. The highest BCUT2D eigenvalue weighted by molar-refractivity contribution is 5.96. The highest BCUT2D eigenvalue weighted by atomic mass is 16.5. The molecule has 1 aromatic carbocycles. The number of hydrogen-bond donors (Lipinski definition) is 0. The van der Waals surface area contributed by atoms with E-state index in [0.29, 0.717) is 24.4 Å². The molecule has 0 amide bonds. The van der Waals surface area contributed by atoms with Crippen LogP contribution in [-0.2, 0) is 14.3 Å². The Kier molecular flexibility index (Phi) is 3.93. The lowest BCUT2D eigenvalue weighted by Gasteiger charge is -2.33. The van der Waals surface area contributed by atoms with Gasteiger partial charge < -0.3 is 9.47 Å². The maximum absolute atomic E-state index is 12.0. The van der Waals surface area contributed by atoms with Gasteiger partial charge in [0.05, 0.1) is 12.2 Å². The topological polar surface area (TPSA) is 35.5 Å². The Morgan fingerprint density at radius 1 is 1.32 bits per heavy atom. The number of esters is 1. The van der Waals surface area contributed by atoms with Gasteiger partial charge in [-0.15, -0.1) is 0 Å². The molecule has 1 aliphatic heterocycles. The molecule has 0 aromatic heterocycles. The molecular weight excluding hydrogens is 240 g/mol. The molecule has 3 heteroatoms. The van der Waals surface area contributed by atoms with E-state index in [2.05, 4.69) is 0 Å². The summed E-state index contributed by atoms with van der Waals surface area (Å²) in [6.45, 7) is 6.28. The average Bonchev–Trinajstić information content (AvgIpc) is 2.39. The third-order valence-corrected chi connectivity index (χ3v) is 3.19. The van der Waals surface area contributed by atoms with Crippen molar-refractivity contribution >= 4 is 11.7 Å². The zero-order chi connectivity index (χ0) is 13.9. The van der Waals surface area contributed by atoms with Crippen LogP contribution < -0.4 is 0 Å². The van der Waals surface area contributed by atoms with Gasteiger partial charge in [0.15, 0.2) is 0 Å². The Hall–Kier alpha value is -1.77. The lowest BCUT2D eigenvalue weighted by Crippen LogP contribution is -2.30. The highest BCUT2D eigenvalue weighted by Crippen LogP contribution is 2.36. The number of carbonyl (C=O) groups excluding carboxylic acids is 1. The molecule has 1 aromatic rings. The van der Waals surface area contributed by atoms with E-state index >= 15 is 0 Å². The molecule has 0 radical (unpaired) electrons. The van der Waals surface area contributed by atoms with Crippen molar-refractivity contribution in [2.24, 2.45) is 0 Å². The molecule has 0 N–H and O–H groups in total. The first kappa shape index (κ1) is 13.7. The summed E-state index contributed by atoms with van der Waals surface area (Å²) in [5.41, 5.74) is 1.33. The summed E-state index contributed by atoms with van der Waals surface area (Å²) in [5, 5.41) is 0. The van der Waals surface area contributed by atoms with Crippen LogP contribution >= 0.6 is 0 Å². The summed E-state index contributed by atoms with van der Waals surface area (Å²) >= 11 is 0. The van der Waals surface area contributed by atoms with E-state index in [1.807, 2.05) is 51.1 Å². The van der Waals surface area contributed by atoms with Crippen molar-refractivity contribution in [2.75, 3.05) is 6.61 Å². The third kappa shape index (κ3) is 3.16. The first-order valence-electron chi connectivity index (χ1n) is 6.68. The summed E-state index contributed by atoms with van der Waals surface area (Å²) < 4.78 is 11.1. The molecular formula is C16H20O3. The van der Waals surface area contributed by atoms with E-state index in [-0.39, 0.29) is 11.6 Å². The quantitative estimate of drug-likeness (QED) is 0.780. The van der Waals surface area contributed by atoms with Gasteiger partial charge in [-0.05, 0) is 33.6 Å². The zero-order valence-corrected chi connectivity index (χ0v) is 11.7. The second-order valence-corrected chi connectivity index (χ2v) is 5.26. The minimum Gasteiger partial charge on any atom is -0.487 e. The highest BCUT2D eigenvalue weighted by Gasteiger charge is 2.32. The fourth-order valence-corrected chi connectivity index (χ4v) is 2.16. The van der Waals surface area contributed by atoms with Crippen LogP contribution in [-0.4, -0.2) is 18.2 Å². The fourth-order valence-electron chi connectivity index (χ4n) is 2.16. The molecule has 0 atom stereocenters. The first-order valence-corrected chi connectivity index (χ1v) is 6.68. The van der Waals surface area contributed by atoms with Gasteiger partial charge in [0.1, 0.15) is 11.4 Å². The van der Waals surface area contributed by atoms with Crippen molar-refractivity contribution in [1.82, 2.24) is 0 Å². The van der Waals surface area contributed by atoms with Gasteiger partial charge in [-0.25, -0.2) is 4.79 Å². The van der Waals surface area contributed by atoms with Crippen LogP contribution in [0.25, 0.3) is 5.76 Å². The van der Waals surface area contributed by atoms with Crippen LogP contribution in [0.5, 0.6) is 0 Å². The van der Waals surface area contributed by atoms with E-state index in [4.69, 9.17) is 9.47 Å². The molecule has 0 aliphatic carbocycles. The molecule has 0 saturated heterocycles. The molecule has 0 bridgehead atoms. The molecule has 1 aliphatic rings. The predicted octanol–water partition coefficient (Wildman–Crippen LogP) is 3.55. The maximum atomic E-state index is 12.0. The lowest BCUT2D eigenvalue weighted by molar-refractivity contribution is -0.139. The molecule has 1 heterocycles. The monoisotopic (exact) mass is 260 g/mol. The van der Waals surface area contributed by atoms with Crippen LogP contribution in [0.3, 0.4) is 0 Å². The molecule has 102 valence electrons. The van der Waals surface area contributed by atoms with Crippen molar-refractivity contribution in [2.45, 2.75) is 39.2 Å². The van der Waals surface area contributed by atoms with E-state index in [0.717, 1.165) is 12.0 Å². The number of ether oxygens (including phenoxy) is 2. The van der Waals surface area contributed by atoms with Crippen LogP contribution in [0, 0.1) is 0 Å². The smallest absolute Gasteiger partial charge is 0.337 e. The number of rotatable bonds is 3. The molecule has 0 spiro atoms. The molecule has 0 unspecified atom stereocenters. The Balaban J connectivity index is 2.42. The summed E-state index contributed by atoms with van der Waals surface area (Å²) in [4.78, 5) is 12.0. The van der Waals surface area contributed by atoms with Crippen molar-refractivity contribution in [3.63, 3.8) is 0 Å². The van der Waals surface area contributed by atoms with E-state index in [1.165, 1.54) is 0 Å². The standard InChI is InChI=1S/C16H20O3/c1-4-18-15(17)13-10-11-16(2,3)19-14(13)12-8-6-5-7-9-12/h5-9H,4,10-11H2,1-3H3. The Morgan fingerprint density at radius 3 is 2.63 bits per heavy atom. The minimum atomic E-state index is -0.267. The minimum absolute atomic E-state index is 0.249. The first-order chi connectivity index (χ1) is 9.03. The van der Waals surface area contributed by atoms with Crippen LogP contribution in [0.15, 0.2) is 35.9 Å². The summed E-state index contributed by atoms with van der Waals surface area (Å²) in [5.74, 6) is 0.396. The van der Waals surface area contributed by atoms with Gasteiger partial charge in [-0.2, -0.15) is 0 Å².